The average molecular weight is 374 g/mol. The number of hydrogen-bond donors (Lipinski definition) is 1. The highest BCUT2D eigenvalue weighted by molar-refractivity contribution is 7.92. The Morgan fingerprint density at radius 3 is 2.35 bits per heavy atom. The van der Waals surface area contributed by atoms with Gasteiger partial charge in [0.1, 0.15) is 6.54 Å². The Morgan fingerprint density at radius 1 is 1.08 bits per heavy atom. The zero-order valence-electron chi connectivity index (χ0n) is 14.4. The minimum Gasteiger partial charge on any atom is -0.376 e. The summed E-state index contributed by atoms with van der Waals surface area (Å²) in [5.41, 5.74) is 0.448. The first-order valence-corrected chi connectivity index (χ1v) is 10.0. The van der Waals surface area contributed by atoms with Crippen molar-refractivity contribution in [2.24, 2.45) is 0 Å². The van der Waals surface area contributed by atoms with E-state index in [2.05, 4.69) is 5.32 Å². The summed E-state index contributed by atoms with van der Waals surface area (Å²) >= 11 is 0. The van der Waals surface area contributed by atoms with E-state index in [1.165, 1.54) is 12.1 Å². The van der Waals surface area contributed by atoms with Crippen molar-refractivity contribution in [3.05, 3.63) is 60.7 Å². The third-order valence-corrected chi connectivity index (χ3v) is 6.00. The van der Waals surface area contributed by atoms with Gasteiger partial charge in [-0.2, -0.15) is 0 Å². The molecule has 1 aliphatic rings. The number of amides is 1. The van der Waals surface area contributed by atoms with Crippen LogP contribution in [0.4, 0.5) is 5.69 Å². The molecule has 0 radical (unpaired) electrons. The molecule has 1 atom stereocenters. The molecule has 1 N–H and O–H groups in total. The van der Waals surface area contributed by atoms with Gasteiger partial charge in [-0.05, 0) is 37.1 Å². The summed E-state index contributed by atoms with van der Waals surface area (Å²) in [5, 5.41) is 2.78. The van der Waals surface area contributed by atoms with Crippen LogP contribution in [0.3, 0.4) is 0 Å². The maximum Gasteiger partial charge on any atom is 0.264 e. The molecular weight excluding hydrogens is 352 g/mol. The van der Waals surface area contributed by atoms with Crippen LogP contribution in [0.25, 0.3) is 0 Å². The van der Waals surface area contributed by atoms with Gasteiger partial charge in [-0.1, -0.05) is 36.4 Å². The smallest absolute Gasteiger partial charge is 0.264 e. The SMILES string of the molecule is O=C(CN(c1ccccc1)S(=O)(=O)c1ccccc1)NCC1CCCO1. The van der Waals surface area contributed by atoms with Crippen LogP contribution in [0.15, 0.2) is 65.6 Å². The Hall–Kier alpha value is -2.38. The van der Waals surface area contributed by atoms with Crippen LogP contribution in [0.1, 0.15) is 12.8 Å². The molecular formula is C19H22N2O4S. The fourth-order valence-electron chi connectivity index (χ4n) is 2.85. The molecule has 1 heterocycles. The second-order valence-electron chi connectivity index (χ2n) is 6.10. The molecule has 1 aliphatic heterocycles. The van der Waals surface area contributed by atoms with Crippen molar-refractivity contribution in [2.75, 3.05) is 24.0 Å². The number of para-hydroxylation sites is 1. The number of anilines is 1. The first-order chi connectivity index (χ1) is 12.6. The number of sulfonamides is 1. The summed E-state index contributed by atoms with van der Waals surface area (Å²) in [5.74, 6) is -0.358. The third kappa shape index (κ3) is 4.42. The highest BCUT2D eigenvalue weighted by Crippen LogP contribution is 2.23. The highest BCUT2D eigenvalue weighted by Gasteiger charge is 2.27. The van der Waals surface area contributed by atoms with Crippen LogP contribution in [0, 0.1) is 0 Å². The summed E-state index contributed by atoms with van der Waals surface area (Å²) in [6, 6.07) is 16.8. The van der Waals surface area contributed by atoms with Gasteiger partial charge in [-0.15, -0.1) is 0 Å². The van der Waals surface area contributed by atoms with Gasteiger partial charge < -0.3 is 10.1 Å². The zero-order valence-corrected chi connectivity index (χ0v) is 15.2. The zero-order chi connectivity index (χ0) is 18.4. The van der Waals surface area contributed by atoms with E-state index < -0.39 is 10.0 Å². The normalized spacial score (nSPS) is 17.0. The summed E-state index contributed by atoms with van der Waals surface area (Å²) in [6.45, 7) is 0.819. The molecule has 0 aliphatic carbocycles. The maximum atomic E-state index is 13.1. The first kappa shape index (κ1) is 18.4. The quantitative estimate of drug-likeness (QED) is 0.806. The van der Waals surface area contributed by atoms with Crippen molar-refractivity contribution >= 4 is 21.6 Å². The number of rotatable bonds is 7. The lowest BCUT2D eigenvalue weighted by Crippen LogP contribution is -2.42. The van der Waals surface area contributed by atoms with E-state index in [1.54, 1.807) is 48.5 Å². The van der Waals surface area contributed by atoms with E-state index >= 15 is 0 Å². The molecule has 7 heteroatoms. The summed E-state index contributed by atoms with van der Waals surface area (Å²) in [6.07, 6.45) is 1.90. The minimum atomic E-state index is -3.85. The van der Waals surface area contributed by atoms with Crippen LogP contribution in [-0.4, -0.2) is 40.1 Å². The number of carbonyl (C=O) groups is 1. The van der Waals surface area contributed by atoms with Crippen LogP contribution in [0.5, 0.6) is 0 Å². The van der Waals surface area contributed by atoms with Crippen molar-refractivity contribution in [1.82, 2.24) is 5.32 Å². The van der Waals surface area contributed by atoms with Gasteiger partial charge in [0.05, 0.1) is 16.7 Å². The van der Waals surface area contributed by atoms with E-state index in [0.29, 0.717) is 18.8 Å². The molecule has 2 aromatic carbocycles. The molecule has 1 unspecified atom stereocenters. The standard InChI is InChI=1S/C19H22N2O4S/c22-19(20-14-17-10-7-13-25-17)15-21(16-8-3-1-4-9-16)26(23,24)18-11-5-2-6-12-18/h1-6,8-9,11-12,17H,7,10,13-15H2,(H,20,22). The van der Waals surface area contributed by atoms with E-state index in [0.717, 1.165) is 17.1 Å². The van der Waals surface area contributed by atoms with Gasteiger partial charge in [0, 0.05) is 13.2 Å². The average Bonchev–Trinajstić information content (AvgIpc) is 3.19. The van der Waals surface area contributed by atoms with Crippen LogP contribution in [0.2, 0.25) is 0 Å². The third-order valence-electron chi connectivity index (χ3n) is 4.21. The molecule has 0 aromatic heterocycles. The molecule has 138 valence electrons. The van der Waals surface area contributed by atoms with Crippen molar-refractivity contribution in [3.63, 3.8) is 0 Å². The van der Waals surface area contributed by atoms with Gasteiger partial charge in [0.2, 0.25) is 5.91 Å². The molecule has 0 bridgehead atoms. The second kappa shape index (κ2) is 8.33. The van der Waals surface area contributed by atoms with E-state index in [9.17, 15) is 13.2 Å². The summed E-state index contributed by atoms with van der Waals surface area (Å²) in [7, 11) is -3.85. The van der Waals surface area contributed by atoms with Crippen LogP contribution in [-0.2, 0) is 19.6 Å². The lowest BCUT2D eigenvalue weighted by Gasteiger charge is -2.24. The van der Waals surface area contributed by atoms with Crippen molar-refractivity contribution in [2.45, 2.75) is 23.8 Å². The van der Waals surface area contributed by atoms with Crippen molar-refractivity contribution in [1.29, 1.82) is 0 Å². The lowest BCUT2D eigenvalue weighted by molar-refractivity contribution is -0.120. The number of hydrogen-bond acceptors (Lipinski definition) is 4. The number of ether oxygens (including phenoxy) is 1. The second-order valence-corrected chi connectivity index (χ2v) is 7.96. The fourth-order valence-corrected chi connectivity index (χ4v) is 4.29. The first-order valence-electron chi connectivity index (χ1n) is 8.58. The Kier molecular flexibility index (Phi) is 5.90. The molecule has 2 aromatic rings. The van der Waals surface area contributed by atoms with Crippen LogP contribution >= 0.6 is 0 Å². The molecule has 1 saturated heterocycles. The van der Waals surface area contributed by atoms with Gasteiger partial charge >= 0.3 is 0 Å². The number of nitrogens with one attached hydrogen (secondary N) is 1. The molecule has 1 amide bonds. The summed E-state index contributed by atoms with van der Waals surface area (Å²) < 4.78 is 32.7. The van der Waals surface area contributed by atoms with Gasteiger partial charge in [0.25, 0.3) is 10.0 Å². The minimum absolute atomic E-state index is 0.00913. The van der Waals surface area contributed by atoms with E-state index in [-0.39, 0.29) is 23.5 Å². The Balaban J connectivity index is 1.79. The number of carbonyl (C=O) groups excluding carboxylic acids is 1. The topological polar surface area (TPSA) is 75.7 Å². The fraction of sp³-hybridized carbons (Fsp3) is 0.316. The molecule has 0 spiro atoms. The predicted octanol–water partition coefficient (Wildman–Crippen LogP) is 2.18. The Labute approximate surface area is 153 Å². The van der Waals surface area contributed by atoms with Crippen molar-refractivity contribution in [3.8, 4) is 0 Å². The van der Waals surface area contributed by atoms with Crippen molar-refractivity contribution < 1.29 is 17.9 Å². The molecule has 1 fully saturated rings. The van der Waals surface area contributed by atoms with Crippen LogP contribution < -0.4 is 9.62 Å². The van der Waals surface area contributed by atoms with Gasteiger partial charge in [-0.3, -0.25) is 9.10 Å². The maximum absolute atomic E-state index is 13.1. The van der Waals surface area contributed by atoms with E-state index in [1.807, 2.05) is 0 Å². The number of benzene rings is 2. The monoisotopic (exact) mass is 374 g/mol. The highest BCUT2D eigenvalue weighted by atomic mass is 32.2. The predicted molar refractivity (Wildman–Crippen MR) is 99.4 cm³/mol. The van der Waals surface area contributed by atoms with Gasteiger partial charge in [0.15, 0.2) is 0 Å². The van der Waals surface area contributed by atoms with Gasteiger partial charge in [-0.25, -0.2) is 8.42 Å². The largest absolute Gasteiger partial charge is 0.376 e. The number of nitrogens with zero attached hydrogens (tertiary/aromatic N) is 1. The Morgan fingerprint density at radius 2 is 1.73 bits per heavy atom. The molecule has 6 nitrogen and oxygen atoms in total. The van der Waals surface area contributed by atoms with E-state index in [4.69, 9.17) is 4.74 Å². The lowest BCUT2D eigenvalue weighted by atomic mass is 10.2. The molecule has 3 rings (SSSR count). The molecule has 0 saturated carbocycles. The summed E-state index contributed by atoms with van der Waals surface area (Å²) in [4.78, 5) is 12.5. The molecule has 26 heavy (non-hydrogen) atoms. The Bertz CT molecular complexity index is 819.